The van der Waals surface area contributed by atoms with Gasteiger partial charge in [0.15, 0.2) is 0 Å². The Morgan fingerprint density at radius 1 is 1.50 bits per heavy atom. The molecule has 0 amide bonds. The first-order chi connectivity index (χ1) is 9.71. The van der Waals surface area contributed by atoms with Gasteiger partial charge in [0, 0.05) is 13.0 Å². The molecule has 1 fully saturated rings. The van der Waals surface area contributed by atoms with Crippen LogP contribution in [0.15, 0.2) is 4.47 Å². The van der Waals surface area contributed by atoms with Crippen LogP contribution in [0.3, 0.4) is 0 Å². The van der Waals surface area contributed by atoms with E-state index in [0.717, 1.165) is 35.2 Å². The van der Waals surface area contributed by atoms with Crippen molar-refractivity contribution in [1.82, 2.24) is 15.2 Å². The number of halogens is 1. The highest BCUT2D eigenvalue weighted by molar-refractivity contribution is 9.10. The van der Waals surface area contributed by atoms with E-state index in [1.807, 2.05) is 4.68 Å². The first-order valence-electron chi connectivity index (χ1n) is 7.10. The Bertz CT molecular complexity index is 432. The summed E-state index contributed by atoms with van der Waals surface area (Å²) >= 11 is 3.66. The van der Waals surface area contributed by atoms with E-state index in [9.17, 15) is 0 Å². The van der Waals surface area contributed by atoms with Gasteiger partial charge in [0.05, 0.1) is 47.8 Å². The molecule has 0 radical (unpaired) electrons. The van der Waals surface area contributed by atoms with E-state index in [2.05, 4.69) is 40.3 Å². The number of hydrazine groups is 1. The number of rotatable bonds is 6. The van der Waals surface area contributed by atoms with E-state index < -0.39 is 0 Å². The lowest BCUT2D eigenvalue weighted by Crippen LogP contribution is -2.50. The molecule has 0 saturated carbocycles. The first kappa shape index (κ1) is 15.9. The van der Waals surface area contributed by atoms with Gasteiger partial charge in [0.1, 0.15) is 0 Å². The molecular formula is C13H23BrN4O2. The Morgan fingerprint density at radius 3 is 2.85 bits per heavy atom. The van der Waals surface area contributed by atoms with Crippen LogP contribution in [0.2, 0.25) is 0 Å². The SMILES string of the molecule is CCc1nn(CC)c(CC(NN)C2COCCO2)c1Br. The van der Waals surface area contributed by atoms with E-state index in [1.54, 1.807) is 0 Å². The molecule has 2 unspecified atom stereocenters. The first-order valence-corrected chi connectivity index (χ1v) is 7.90. The molecule has 114 valence electrons. The third-order valence-electron chi connectivity index (χ3n) is 3.61. The third kappa shape index (κ3) is 3.40. The fraction of sp³-hybridized carbons (Fsp3) is 0.769. The molecule has 0 aromatic carbocycles. The lowest BCUT2D eigenvalue weighted by Gasteiger charge is -2.30. The summed E-state index contributed by atoms with van der Waals surface area (Å²) < 4.78 is 14.3. The average molecular weight is 347 g/mol. The zero-order valence-electron chi connectivity index (χ0n) is 12.1. The van der Waals surface area contributed by atoms with E-state index in [4.69, 9.17) is 15.3 Å². The van der Waals surface area contributed by atoms with Crippen molar-refractivity contribution in [2.75, 3.05) is 19.8 Å². The number of nitrogens with one attached hydrogen (secondary N) is 1. The van der Waals surface area contributed by atoms with Gasteiger partial charge in [-0.3, -0.25) is 16.0 Å². The maximum atomic E-state index is 5.74. The van der Waals surface area contributed by atoms with Crippen molar-refractivity contribution in [3.05, 3.63) is 15.9 Å². The van der Waals surface area contributed by atoms with E-state index >= 15 is 0 Å². The molecule has 2 rings (SSSR count). The zero-order valence-corrected chi connectivity index (χ0v) is 13.6. The smallest absolute Gasteiger partial charge is 0.0979 e. The van der Waals surface area contributed by atoms with Crippen molar-refractivity contribution >= 4 is 15.9 Å². The predicted octanol–water partition coefficient (Wildman–Crippen LogP) is 1.02. The van der Waals surface area contributed by atoms with Gasteiger partial charge in [0.25, 0.3) is 0 Å². The molecule has 1 aromatic heterocycles. The lowest BCUT2D eigenvalue weighted by molar-refractivity contribution is -0.101. The van der Waals surface area contributed by atoms with Gasteiger partial charge in [-0.1, -0.05) is 6.92 Å². The Hall–Kier alpha value is -0.470. The molecule has 1 aliphatic heterocycles. The second kappa shape index (κ2) is 7.51. The van der Waals surface area contributed by atoms with Crippen LogP contribution in [0.4, 0.5) is 0 Å². The topological polar surface area (TPSA) is 74.3 Å². The summed E-state index contributed by atoms with van der Waals surface area (Å²) in [5.41, 5.74) is 5.10. The summed E-state index contributed by atoms with van der Waals surface area (Å²) in [5, 5.41) is 4.61. The second-order valence-electron chi connectivity index (χ2n) is 4.84. The third-order valence-corrected chi connectivity index (χ3v) is 4.53. The molecule has 1 aliphatic rings. The molecule has 1 aromatic rings. The molecule has 2 atom stereocenters. The summed E-state index contributed by atoms with van der Waals surface area (Å²) in [7, 11) is 0. The van der Waals surface area contributed by atoms with Gasteiger partial charge in [-0.25, -0.2) is 0 Å². The molecule has 2 heterocycles. The quantitative estimate of drug-likeness (QED) is 0.594. The van der Waals surface area contributed by atoms with Gasteiger partial charge < -0.3 is 9.47 Å². The van der Waals surface area contributed by atoms with Crippen LogP contribution in [0.1, 0.15) is 25.2 Å². The number of aromatic nitrogens is 2. The largest absolute Gasteiger partial charge is 0.376 e. The fourth-order valence-electron chi connectivity index (χ4n) is 2.46. The minimum atomic E-state index is -0.0223. The van der Waals surface area contributed by atoms with Gasteiger partial charge in [-0.05, 0) is 29.3 Å². The number of aryl methyl sites for hydroxylation is 2. The van der Waals surface area contributed by atoms with Crippen molar-refractivity contribution in [3.8, 4) is 0 Å². The van der Waals surface area contributed by atoms with E-state index in [-0.39, 0.29) is 12.1 Å². The molecule has 20 heavy (non-hydrogen) atoms. The average Bonchev–Trinajstić information content (AvgIpc) is 2.81. The Morgan fingerprint density at radius 2 is 2.30 bits per heavy atom. The summed E-state index contributed by atoms with van der Waals surface area (Å²) in [6, 6.07) is 0.0123. The van der Waals surface area contributed by atoms with Crippen molar-refractivity contribution in [1.29, 1.82) is 0 Å². The summed E-state index contributed by atoms with van der Waals surface area (Å²) in [4.78, 5) is 0. The summed E-state index contributed by atoms with van der Waals surface area (Å²) in [6.45, 7) is 6.89. The van der Waals surface area contributed by atoms with Crippen LogP contribution in [0, 0.1) is 0 Å². The van der Waals surface area contributed by atoms with Crippen molar-refractivity contribution < 1.29 is 9.47 Å². The molecule has 0 spiro atoms. The number of ether oxygens (including phenoxy) is 2. The minimum absolute atomic E-state index is 0.0123. The highest BCUT2D eigenvalue weighted by atomic mass is 79.9. The molecule has 7 heteroatoms. The number of nitrogens with two attached hydrogens (primary N) is 1. The van der Waals surface area contributed by atoms with Gasteiger partial charge in [-0.15, -0.1) is 0 Å². The predicted molar refractivity (Wildman–Crippen MR) is 80.4 cm³/mol. The second-order valence-corrected chi connectivity index (χ2v) is 5.63. The van der Waals surface area contributed by atoms with Gasteiger partial charge in [0.2, 0.25) is 0 Å². The molecule has 6 nitrogen and oxygen atoms in total. The fourth-order valence-corrected chi connectivity index (χ4v) is 3.18. The lowest BCUT2D eigenvalue weighted by atomic mass is 10.1. The van der Waals surface area contributed by atoms with Crippen molar-refractivity contribution in [3.63, 3.8) is 0 Å². The molecular weight excluding hydrogens is 324 g/mol. The Kier molecular flexibility index (Phi) is 5.98. The highest BCUT2D eigenvalue weighted by Gasteiger charge is 2.27. The van der Waals surface area contributed by atoms with Crippen LogP contribution < -0.4 is 11.3 Å². The highest BCUT2D eigenvalue weighted by Crippen LogP contribution is 2.24. The number of hydrogen-bond donors (Lipinski definition) is 2. The molecule has 1 saturated heterocycles. The van der Waals surface area contributed by atoms with Crippen molar-refractivity contribution in [2.24, 2.45) is 5.84 Å². The zero-order chi connectivity index (χ0) is 14.5. The number of hydrogen-bond acceptors (Lipinski definition) is 5. The maximum Gasteiger partial charge on any atom is 0.0979 e. The standard InChI is InChI=1S/C13H23BrN4O2/c1-3-9-13(14)11(18(4-2)17-9)7-10(16-15)12-8-19-5-6-20-12/h10,12,16H,3-8,15H2,1-2H3. The normalized spacial score (nSPS) is 21.1. The minimum Gasteiger partial charge on any atom is -0.376 e. The van der Waals surface area contributed by atoms with Crippen LogP contribution in [0.5, 0.6) is 0 Å². The number of nitrogens with zero attached hydrogens (tertiary/aromatic N) is 2. The molecule has 0 bridgehead atoms. The van der Waals surface area contributed by atoms with Gasteiger partial charge >= 0.3 is 0 Å². The van der Waals surface area contributed by atoms with Crippen LogP contribution in [-0.4, -0.2) is 41.7 Å². The monoisotopic (exact) mass is 346 g/mol. The Balaban J connectivity index is 2.15. The Labute approximate surface area is 128 Å². The molecule has 0 aliphatic carbocycles. The van der Waals surface area contributed by atoms with Crippen LogP contribution in [-0.2, 0) is 28.9 Å². The van der Waals surface area contributed by atoms with E-state index in [0.29, 0.717) is 19.8 Å². The van der Waals surface area contributed by atoms with Crippen LogP contribution >= 0.6 is 15.9 Å². The summed E-state index contributed by atoms with van der Waals surface area (Å²) in [6.07, 6.45) is 1.64. The van der Waals surface area contributed by atoms with Crippen LogP contribution in [0.25, 0.3) is 0 Å². The van der Waals surface area contributed by atoms with E-state index in [1.165, 1.54) is 0 Å². The molecule has 3 N–H and O–H groups in total. The summed E-state index contributed by atoms with van der Waals surface area (Å²) in [5.74, 6) is 5.70. The van der Waals surface area contributed by atoms with Gasteiger partial charge in [-0.2, -0.15) is 5.10 Å². The van der Waals surface area contributed by atoms with Crippen molar-refractivity contribution in [2.45, 2.75) is 45.4 Å². The maximum absolute atomic E-state index is 5.74.